The van der Waals surface area contributed by atoms with Crippen LogP contribution >= 0.6 is 23.2 Å². The van der Waals surface area contributed by atoms with E-state index in [0.717, 1.165) is 6.07 Å². The number of nitrogens with zero attached hydrogens (tertiary/aromatic N) is 3. The van der Waals surface area contributed by atoms with E-state index in [4.69, 9.17) is 33.6 Å². The van der Waals surface area contributed by atoms with Crippen LogP contribution in [0.25, 0.3) is 11.4 Å². The van der Waals surface area contributed by atoms with Crippen molar-refractivity contribution < 1.29 is 13.0 Å². The maximum absolute atomic E-state index is 11.1. The van der Waals surface area contributed by atoms with E-state index in [-0.39, 0.29) is 27.0 Å². The summed E-state index contributed by atoms with van der Waals surface area (Å²) in [5.41, 5.74) is 2.52. The Morgan fingerprint density at radius 2 is 1.75 bits per heavy atom. The summed E-state index contributed by atoms with van der Waals surface area (Å²) >= 11 is 11.3. The van der Waals surface area contributed by atoms with Gasteiger partial charge in [0.15, 0.2) is 5.82 Å². The normalized spacial score (nSPS) is 11.4. The summed E-state index contributed by atoms with van der Waals surface area (Å²) in [7, 11) is -4.41. The molecule has 11 heteroatoms. The van der Waals surface area contributed by atoms with Gasteiger partial charge in [0.1, 0.15) is 4.90 Å². The third kappa shape index (κ3) is 3.14. The van der Waals surface area contributed by atoms with Crippen LogP contribution in [0.4, 0.5) is 5.69 Å². The van der Waals surface area contributed by atoms with Gasteiger partial charge < -0.3 is 5.43 Å². The van der Waals surface area contributed by atoms with Crippen molar-refractivity contribution in [2.75, 3.05) is 5.43 Å². The van der Waals surface area contributed by atoms with Crippen molar-refractivity contribution in [3.8, 4) is 11.4 Å². The minimum Gasteiger partial charge on any atom is -0.323 e. The molecule has 0 bridgehead atoms. The molecule has 0 amide bonds. The first-order chi connectivity index (χ1) is 9.31. The largest absolute Gasteiger partial charge is 0.323 e. The lowest BCUT2D eigenvalue weighted by Gasteiger charge is -2.08. The van der Waals surface area contributed by atoms with Gasteiger partial charge in [0.05, 0.1) is 5.69 Å². The predicted molar refractivity (Wildman–Crippen MR) is 72.9 cm³/mol. The highest BCUT2D eigenvalue weighted by atomic mass is 35.5. The Morgan fingerprint density at radius 3 is 2.25 bits per heavy atom. The molecular weight excluding hydrogens is 329 g/mol. The number of hydrogen-bond donors (Lipinski definition) is 3. The fourth-order valence-corrected chi connectivity index (χ4v) is 2.46. The van der Waals surface area contributed by atoms with Crippen molar-refractivity contribution in [1.82, 2.24) is 15.0 Å². The molecular formula is C9H7Cl2N5O3S. The van der Waals surface area contributed by atoms with Gasteiger partial charge in [0, 0.05) is 5.56 Å². The molecule has 1 aromatic carbocycles. The Labute approximate surface area is 123 Å². The lowest BCUT2D eigenvalue weighted by Crippen LogP contribution is -2.12. The van der Waals surface area contributed by atoms with E-state index in [1.807, 2.05) is 0 Å². The van der Waals surface area contributed by atoms with Crippen LogP contribution in [0.2, 0.25) is 10.6 Å². The maximum Gasteiger partial charge on any atom is 0.296 e. The summed E-state index contributed by atoms with van der Waals surface area (Å²) < 4.78 is 31.3. The van der Waals surface area contributed by atoms with E-state index in [0.29, 0.717) is 5.56 Å². The Morgan fingerprint density at radius 1 is 1.15 bits per heavy atom. The maximum atomic E-state index is 11.1. The molecule has 8 nitrogen and oxygen atoms in total. The number of benzene rings is 1. The molecule has 0 saturated carbocycles. The molecule has 0 radical (unpaired) electrons. The number of nitrogens with one attached hydrogen (secondary N) is 1. The second-order valence-electron chi connectivity index (χ2n) is 3.53. The Hall–Kier alpha value is -1.52. The molecule has 1 heterocycles. The quantitative estimate of drug-likeness (QED) is 0.435. The zero-order chi connectivity index (χ0) is 14.9. The van der Waals surface area contributed by atoms with Gasteiger partial charge in [0.2, 0.25) is 10.6 Å². The second-order valence-corrected chi connectivity index (χ2v) is 5.59. The third-order valence-electron chi connectivity index (χ3n) is 2.25. The van der Waals surface area contributed by atoms with Crippen molar-refractivity contribution in [2.24, 2.45) is 5.84 Å². The molecule has 0 aliphatic carbocycles. The molecule has 0 aliphatic heterocycles. The first-order valence-corrected chi connectivity index (χ1v) is 7.16. The molecule has 0 atom stereocenters. The zero-order valence-corrected chi connectivity index (χ0v) is 11.9. The number of nitrogens with two attached hydrogens (primary N) is 1. The van der Waals surface area contributed by atoms with Gasteiger partial charge in [-0.15, -0.1) is 0 Å². The van der Waals surface area contributed by atoms with Crippen molar-refractivity contribution >= 4 is 39.0 Å². The molecule has 2 aromatic rings. The van der Waals surface area contributed by atoms with Crippen LogP contribution in [0.1, 0.15) is 0 Å². The standard InChI is InChI=1S/C9H7Cl2N5O3S/c10-8-13-7(14-9(11)15-8)4-1-2-6(20(17,18)19)5(3-4)16-12/h1-3,16H,12H2,(H,17,18,19). The monoisotopic (exact) mass is 335 g/mol. The van der Waals surface area contributed by atoms with Gasteiger partial charge in [-0.25, -0.2) is 0 Å². The van der Waals surface area contributed by atoms with Gasteiger partial charge in [-0.05, 0) is 41.4 Å². The summed E-state index contributed by atoms with van der Waals surface area (Å²) in [5, 5.41) is -0.220. The molecule has 106 valence electrons. The van der Waals surface area contributed by atoms with Crippen LogP contribution < -0.4 is 11.3 Å². The van der Waals surface area contributed by atoms with Crippen molar-refractivity contribution in [3.63, 3.8) is 0 Å². The van der Waals surface area contributed by atoms with Gasteiger partial charge >= 0.3 is 0 Å². The van der Waals surface area contributed by atoms with Gasteiger partial charge in [-0.1, -0.05) is 0 Å². The summed E-state index contributed by atoms with van der Waals surface area (Å²) in [6.45, 7) is 0. The van der Waals surface area contributed by atoms with Gasteiger partial charge in [0.25, 0.3) is 10.1 Å². The molecule has 0 saturated heterocycles. The highest BCUT2D eigenvalue weighted by Crippen LogP contribution is 2.27. The van der Waals surface area contributed by atoms with E-state index in [2.05, 4.69) is 20.4 Å². The van der Waals surface area contributed by atoms with Gasteiger partial charge in [-0.2, -0.15) is 23.4 Å². The summed E-state index contributed by atoms with van der Waals surface area (Å²) in [5.74, 6) is 5.36. The van der Waals surface area contributed by atoms with Crippen LogP contribution in [0.5, 0.6) is 0 Å². The molecule has 0 spiro atoms. The molecule has 2 rings (SSSR count). The third-order valence-corrected chi connectivity index (χ3v) is 3.50. The Kier molecular flexibility index (Phi) is 4.06. The van der Waals surface area contributed by atoms with E-state index >= 15 is 0 Å². The fraction of sp³-hybridized carbons (Fsp3) is 0. The second kappa shape index (κ2) is 5.46. The molecule has 20 heavy (non-hydrogen) atoms. The SMILES string of the molecule is NNc1cc(-c2nc(Cl)nc(Cl)n2)ccc1S(=O)(=O)O. The van der Waals surface area contributed by atoms with Crippen molar-refractivity contribution in [1.29, 1.82) is 0 Å². The first-order valence-electron chi connectivity index (χ1n) is 4.97. The smallest absolute Gasteiger partial charge is 0.296 e. The van der Waals surface area contributed by atoms with Crippen LogP contribution in [0.3, 0.4) is 0 Å². The molecule has 0 aliphatic rings. The number of hydrogen-bond acceptors (Lipinski definition) is 7. The van der Waals surface area contributed by atoms with Crippen LogP contribution in [0.15, 0.2) is 23.1 Å². The van der Waals surface area contributed by atoms with E-state index in [9.17, 15) is 8.42 Å². The number of halogens is 2. The lowest BCUT2D eigenvalue weighted by atomic mass is 10.2. The highest BCUT2D eigenvalue weighted by Gasteiger charge is 2.17. The summed E-state index contributed by atoms with van der Waals surface area (Å²) in [6, 6.07) is 3.84. The predicted octanol–water partition coefficient (Wildman–Crippen LogP) is 1.38. The number of nitrogen functional groups attached to an aromatic ring is 1. The number of rotatable bonds is 3. The van der Waals surface area contributed by atoms with Crippen LogP contribution in [0, 0.1) is 0 Å². The fourth-order valence-electron chi connectivity index (χ4n) is 1.46. The van der Waals surface area contributed by atoms with E-state index in [1.165, 1.54) is 12.1 Å². The van der Waals surface area contributed by atoms with Gasteiger partial charge in [-0.3, -0.25) is 10.4 Å². The topological polar surface area (TPSA) is 131 Å². The van der Waals surface area contributed by atoms with Crippen molar-refractivity contribution in [2.45, 2.75) is 4.90 Å². The number of aromatic nitrogens is 3. The van der Waals surface area contributed by atoms with Crippen LogP contribution in [-0.4, -0.2) is 27.9 Å². The molecule has 0 unspecified atom stereocenters. The zero-order valence-electron chi connectivity index (χ0n) is 9.58. The molecule has 4 N–H and O–H groups in total. The summed E-state index contributed by atoms with van der Waals surface area (Å²) in [6.07, 6.45) is 0. The van der Waals surface area contributed by atoms with Crippen LogP contribution in [-0.2, 0) is 10.1 Å². The average molecular weight is 336 g/mol. The molecule has 0 fully saturated rings. The van der Waals surface area contributed by atoms with E-state index in [1.54, 1.807) is 0 Å². The number of anilines is 1. The Bertz CT molecular complexity index is 748. The Balaban J connectivity index is 2.60. The summed E-state index contributed by atoms with van der Waals surface area (Å²) in [4.78, 5) is 10.9. The lowest BCUT2D eigenvalue weighted by molar-refractivity contribution is 0.483. The highest BCUT2D eigenvalue weighted by molar-refractivity contribution is 7.86. The minimum atomic E-state index is -4.41. The number of hydrazine groups is 1. The minimum absolute atomic E-state index is 0.0299. The van der Waals surface area contributed by atoms with Crippen molar-refractivity contribution in [3.05, 3.63) is 28.8 Å². The average Bonchev–Trinajstić information content (AvgIpc) is 2.35. The first kappa shape index (κ1) is 14.9. The molecule has 1 aromatic heterocycles. The van der Waals surface area contributed by atoms with E-state index < -0.39 is 10.1 Å².